The van der Waals surface area contributed by atoms with Gasteiger partial charge in [-0.1, -0.05) is 61.5 Å². The van der Waals surface area contributed by atoms with Crippen LogP contribution in [-0.4, -0.2) is 0 Å². The van der Waals surface area contributed by atoms with Crippen molar-refractivity contribution in [2.24, 2.45) is 0 Å². The van der Waals surface area contributed by atoms with Gasteiger partial charge in [0.05, 0.1) is 0 Å². The Hall–Kier alpha value is -1.56. The fraction of sp³-hybridized carbons (Fsp3) is 0.0714. The van der Waals surface area contributed by atoms with Crippen LogP contribution in [-0.2, 0) is 0 Å². The van der Waals surface area contributed by atoms with Gasteiger partial charge < -0.3 is 0 Å². The van der Waals surface area contributed by atoms with Gasteiger partial charge in [-0.15, -0.1) is 0 Å². The van der Waals surface area contributed by atoms with E-state index in [0.29, 0.717) is 0 Å². The lowest BCUT2D eigenvalue weighted by molar-refractivity contribution is 1.42. The van der Waals surface area contributed by atoms with E-state index in [4.69, 9.17) is 0 Å². The van der Waals surface area contributed by atoms with Crippen molar-refractivity contribution in [3.8, 4) is 11.1 Å². The highest BCUT2D eigenvalue weighted by Gasteiger charge is 1.96. The second-order valence-electron chi connectivity index (χ2n) is 3.28. The van der Waals surface area contributed by atoms with E-state index < -0.39 is 0 Å². The molecule has 0 aliphatic carbocycles. The third-order valence-corrected chi connectivity index (χ3v) is 2.33. The molecule has 2 rings (SSSR count). The third-order valence-electron chi connectivity index (χ3n) is 2.33. The van der Waals surface area contributed by atoms with Gasteiger partial charge in [-0.3, -0.25) is 0 Å². The molecule has 0 aliphatic heterocycles. The van der Waals surface area contributed by atoms with Crippen LogP contribution < -0.4 is 0 Å². The van der Waals surface area contributed by atoms with E-state index in [1.165, 1.54) is 16.7 Å². The Morgan fingerprint density at radius 3 is 2.21 bits per heavy atom. The Balaban J connectivity index is 2.42. The van der Waals surface area contributed by atoms with Crippen LogP contribution in [0.15, 0.2) is 54.6 Å². The quantitative estimate of drug-likeness (QED) is 0.658. The molecule has 0 nitrogen and oxygen atoms in total. The van der Waals surface area contributed by atoms with Crippen molar-refractivity contribution in [3.05, 3.63) is 66.6 Å². The van der Waals surface area contributed by atoms with Gasteiger partial charge >= 0.3 is 0 Å². The van der Waals surface area contributed by atoms with Crippen molar-refractivity contribution in [1.29, 1.82) is 0 Å². The van der Waals surface area contributed by atoms with E-state index >= 15 is 0 Å². The summed E-state index contributed by atoms with van der Waals surface area (Å²) in [5, 5.41) is 0. The van der Waals surface area contributed by atoms with Gasteiger partial charge in [-0.05, 0) is 23.1 Å². The number of hydrogen-bond donors (Lipinski definition) is 0. The summed E-state index contributed by atoms with van der Waals surface area (Å²) in [6.07, 6.45) is 2.12. The van der Waals surface area contributed by atoms with E-state index in [1.54, 1.807) is 0 Å². The summed E-state index contributed by atoms with van der Waals surface area (Å²) in [6.45, 7) is 2.06. The van der Waals surface area contributed by atoms with Crippen LogP contribution in [0.25, 0.3) is 11.1 Å². The fourth-order valence-electron chi connectivity index (χ4n) is 1.53. The normalized spacial score (nSPS) is 10.1. The van der Waals surface area contributed by atoms with E-state index in [2.05, 4.69) is 61.9 Å². The number of rotatable bonds is 2. The summed E-state index contributed by atoms with van der Waals surface area (Å²) < 4.78 is 0. The summed E-state index contributed by atoms with van der Waals surface area (Å²) in [5.74, 6) is 0. The first-order valence-corrected chi connectivity index (χ1v) is 4.85. The molecular formula is C14H13. The van der Waals surface area contributed by atoms with Crippen LogP contribution in [0.1, 0.15) is 12.5 Å². The SMILES string of the molecule is C[CH]c1cccc(-c2ccccc2)c1. The molecule has 0 heterocycles. The predicted octanol–water partition coefficient (Wildman–Crippen LogP) is 3.93. The smallest absolute Gasteiger partial charge is 0.0124 e. The van der Waals surface area contributed by atoms with Crippen LogP contribution >= 0.6 is 0 Å². The summed E-state index contributed by atoms with van der Waals surface area (Å²) in [6, 6.07) is 19.0. The molecule has 0 atom stereocenters. The minimum atomic E-state index is 1.27. The van der Waals surface area contributed by atoms with Crippen LogP contribution in [0.2, 0.25) is 0 Å². The molecule has 0 fully saturated rings. The minimum Gasteiger partial charge on any atom is -0.0622 e. The van der Waals surface area contributed by atoms with Crippen molar-refractivity contribution in [1.82, 2.24) is 0 Å². The maximum absolute atomic E-state index is 2.20. The molecular weight excluding hydrogens is 168 g/mol. The average Bonchev–Trinajstić information content (AvgIpc) is 2.30. The molecule has 2 aromatic rings. The summed E-state index contributed by atoms with van der Waals surface area (Å²) in [5.41, 5.74) is 3.82. The Bertz CT molecular complexity index is 401. The van der Waals surface area contributed by atoms with Gasteiger partial charge in [-0.2, -0.15) is 0 Å². The monoisotopic (exact) mass is 181 g/mol. The molecule has 0 amide bonds. The summed E-state index contributed by atoms with van der Waals surface area (Å²) in [4.78, 5) is 0. The molecule has 0 saturated carbocycles. The molecule has 14 heavy (non-hydrogen) atoms. The van der Waals surface area contributed by atoms with Crippen LogP contribution in [0, 0.1) is 6.42 Å². The van der Waals surface area contributed by atoms with Crippen LogP contribution in [0.3, 0.4) is 0 Å². The average molecular weight is 181 g/mol. The summed E-state index contributed by atoms with van der Waals surface area (Å²) in [7, 11) is 0. The van der Waals surface area contributed by atoms with Gasteiger partial charge in [0, 0.05) is 0 Å². The highest BCUT2D eigenvalue weighted by molar-refractivity contribution is 5.64. The maximum atomic E-state index is 2.20. The Kier molecular flexibility index (Phi) is 2.64. The molecule has 2 aromatic carbocycles. The first kappa shape index (κ1) is 9.01. The molecule has 0 unspecified atom stereocenters. The van der Waals surface area contributed by atoms with E-state index in [0.717, 1.165) is 0 Å². The summed E-state index contributed by atoms with van der Waals surface area (Å²) >= 11 is 0. The van der Waals surface area contributed by atoms with Crippen molar-refractivity contribution in [2.45, 2.75) is 6.92 Å². The predicted molar refractivity (Wildman–Crippen MR) is 61.0 cm³/mol. The Morgan fingerprint density at radius 1 is 0.786 bits per heavy atom. The molecule has 0 aromatic heterocycles. The second kappa shape index (κ2) is 4.10. The highest BCUT2D eigenvalue weighted by atomic mass is 14.0. The molecule has 0 aliphatic rings. The number of benzene rings is 2. The zero-order valence-electron chi connectivity index (χ0n) is 8.27. The number of hydrogen-bond acceptors (Lipinski definition) is 0. The lowest BCUT2D eigenvalue weighted by Gasteiger charge is -2.03. The van der Waals surface area contributed by atoms with Crippen molar-refractivity contribution in [3.63, 3.8) is 0 Å². The maximum Gasteiger partial charge on any atom is -0.0124 e. The third kappa shape index (κ3) is 1.85. The van der Waals surface area contributed by atoms with Crippen molar-refractivity contribution < 1.29 is 0 Å². The second-order valence-corrected chi connectivity index (χ2v) is 3.28. The van der Waals surface area contributed by atoms with Gasteiger partial charge in [0.1, 0.15) is 0 Å². The van der Waals surface area contributed by atoms with Gasteiger partial charge in [0.15, 0.2) is 0 Å². The van der Waals surface area contributed by atoms with Gasteiger partial charge in [0.2, 0.25) is 0 Å². The minimum absolute atomic E-state index is 1.27. The van der Waals surface area contributed by atoms with Crippen molar-refractivity contribution in [2.75, 3.05) is 0 Å². The first-order valence-electron chi connectivity index (χ1n) is 4.85. The van der Waals surface area contributed by atoms with Crippen LogP contribution in [0.5, 0.6) is 0 Å². The fourth-order valence-corrected chi connectivity index (χ4v) is 1.53. The highest BCUT2D eigenvalue weighted by Crippen LogP contribution is 2.20. The zero-order valence-corrected chi connectivity index (χ0v) is 8.27. The van der Waals surface area contributed by atoms with E-state index in [-0.39, 0.29) is 0 Å². The van der Waals surface area contributed by atoms with E-state index in [9.17, 15) is 0 Å². The molecule has 0 heteroatoms. The molecule has 0 spiro atoms. The first-order chi connectivity index (χ1) is 6.90. The molecule has 0 saturated heterocycles. The largest absolute Gasteiger partial charge is 0.0622 e. The Morgan fingerprint density at radius 2 is 1.50 bits per heavy atom. The Labute approximate surface area is 85.2 Å². The van der Waals surface area contributed by atoms with Gasteiger partial charge in [0.25, 0.3) is 0 Å². The zero-order chi connectivity index (χ0) is 9.80. The topological polar surface area (TPSA) is 0 Å². The molecule has 1 radical (unpaired) electrons. The van der Waals surface area contributed by atoms with Gasteiger partial charge in [-0.25, -0.2) is 0 Å². The molecule has 69 valence electrons. The lowest BCUT2D eigenvalue weighted by Crippen LogP contribution is -1.80. The van der Waals surface area contributed by atoms with Crippen LogP contribution in [0.4, 0.5) is 0 Å². The molecule has 0 N–H and O–H groups in total. The lowest BCUT2D eigenvalue weighted by atomic mass is 10.0. The van der Waals surface area contributed by atoms with E-state index in [1.807, 2.05) is 6.07 Å². The molecule has 0 bridgehead atoms. The van der Waals surface area contributed by atoms with Crippen molar-refractivity contribution >= 4 is 0 Å². The standard InChI is InChI=1S/C14H13/c1-2-12-7-6-10-14(11-12)13-8-4-3-5-9-13/h2-11H,1H3.